The van der Waals surface area contributed by atoms with Crippen molar-refractivity contribution < 1.29 is 9.53 Å². The highest BCUT2D eigenvalue weighted by Gasteiger charge is 2.18. The van der Waals surface area contributed by atoms with Crippen LogP contribution in [0, 0.1) is 0 Å². The second-order valence-corrected chi connectivity index (χ2v) is 5.12. The minimum absolute atomic E-state index is 0.0447. The zero-order valence-electron chi connectivity index (χ0n) is 12.2. The smallest absolute Gasteiger partial charge is 0.251 e. The molecule has 1 unspecified atom stereocenters. The van der Waals surface area contributed by atoms with E-state index in [9.17, 15) is 4.79 Å². The first kappa shape index (κ1) is 14.8. The molecule has 0 radical (unpaired) electrons. The number of hydrogen-bond acceptors (Lipinski definition) is 4. The first-order valence-corrected chi connectivity index (χ1v) is 7.30. The van der Waals surface area contributed by atoms with Gasteiger partial charge in [-0.15, -0.1) is 0 Å². The third-order valence-corrected chi connectivity index (χ3v) is 3.40. The van der Waals surface area contributed by atoms with Crippen LogP contribution in [0.1, 0.15) is 42.2 Å². The molecule has 20 heavy (non-hydrogen) atoms. The molecule has 2 rings (SSSR count). The van der Waals surface area contributed by atoms with Crippen molar-refractivity contribution in [1.82, 2.24) is 10.3 Å². The SMILES string of the molecule is CCCc1cc(C(=O)NC2CCCOC2)cc(NC)n1. The quantitative estimate of drug-likeness (QED) is 0.864. The average Bonchev–Trinajstić information content (AvgIpc) is 2.48. The molecular weight excluding hydrogens is 254 g/mol. The molecule has 2 N–H and O–H groups in total. The van der Waals surface area contributed by atoms with Gasteiger partial charge >= 0.3 is 0 Å². The van der Waals surface area contributed by atoms with E-state index in [1.54, 1.807) is 6.07 Å². The normalized spacial score (nSPS) is 18.6. The Hall–Kier alpha value is -1.62. The van der Waals surface area contributed by atoms with Crippen molar-refractivity contribution in [1.29, 1.82) is 0 Å². The molecule has 2 heterocycles. The highest BCUT2D eigenvalue weighted by molar-refractivity contribution is 5.95. The number of nitrogens with one attached hydrogen (secondary N) is 2. The fraction of sp³-hybridized carbons (Fsp3) is 0.600. The van der Waals surface area contributed by atoms with Gasteiger partial charge in [0.25, 0.3) is 5.91 Å². The first-order chi connectivity index (χ1) is 9.72. The number of aromatic nitrogens is 1. The number of pyridine rings is 1. The maximum atomic E-state index is 12.3. The maximum Gasteiger partial charge on any atom is 0.251 e. The monoisotopic (exact) mass is 277 g/mol. The van der Waals surface area contributed by atoms with Gasteiger partial charge in [0.2, 0.25) is 0 Å². The van der Waals surface area contributed by atoms with Crippen LogP contribution in [-0.2, 0) is 11.2 Å². The lowest BCUT2D eigenvalue weighted by Crippen LogP contribution is -2.40. The highest BCUT2D eigenvalue weighted by Crippen LogP contribution is 2.13. The Kier molecular flexibility index (Phi) is 5.35. The van der Waals surface area contributed by atoms with Gasteiger partial charge in [-0.2, -0.15) is 0 Å². The van der Waals surface area contributed by atoms with Gasteiger partial charge in [0.15, 0.2) is 0 Å². The van der Waals surface area contributed by atoms with Crippen molar-refractivity contribution in [3.8, 4) is 0 Å². The zero-order valence-corrected chi connectivity index (χ0v) is 12.2. The van der Waals surface area contributed by atoms with Crippen molar-refractivity contribution in [3.63, 3.8) is 0 Å². The lowest BCUT2D eigenvalue weighted by molar-refractivity contribution is 0.0624. The standard InChI is InChI=1S/C15H23N3O2/c1-3-5-12-8-11(9-14(16-2)17-12)15(19)18-13-6-4-7-20-10-13/h8-9,13H,3-7,10H2,1-2H3,(H,16,17)(H,18,19). The van der Waals surface area contributed by atoms with E-state index in [-0.39, 0.29) is 11.9 Å². The second-order valence-electron chi connectivity index (χ2n) is 5.12. The highest BCUT2D eigenvalue weighted by atomic mass is 16.5. The summed E-state index contributed by atoms with van der Waals surface area (Å²) in [5, 5.41) is 6.05. The molecule has 1 aliphatic heterocycles. The molecule has 1 aliphatic rings. The molecule has 1 fully saturated rings. The summed E-state index contributed by atoms with van der Waals surface area (Å²) in [5.41, 5.74) is 1.61. The third-order valence-electron chi connectivity index (χ3n) is 3.40. The number of ether oxygens (including phenoxy) is 1. The van der Waals surface area contributed by atoms with Gasteiger partial charge in [0.1, 0.15) is 5.82 Å². The average molecular weight is 277 g/mol. The lowest BCUT2D eigenvalue weighted by atomic mass is 10.1. The number of nitrogens with zero attached hydrogens (tertiary/aromatic N) is 1. The number of rotatable bonds is 5. The molecule has 0 aromatic carbocycles. The third kappa shape index (κ3) is 3.93. The van der Waals surface area contributed by atoms with Crippen molar-refractivity contribution in [2.24, 2.45) is 0 Å². The van der Waals surface area contributed by atoms with Crippen LogP contribution < -0.4 is 10.6 Å². The van der Waals surface area contributed by atoms with E-state index in [0.717, 1.165) is 43.8 Å². The van der Waals surface area contributed by atoms with Gasteiger partial charge < -0.3 is 15.4 Å². The minimum Gasteiger partial charge on any atom is -0.379 e. The molecule has 0 bridgehead atoms. The molecule has 1 amide bonds. The second kappa shape index (κ2) is 7.24. The fourth-order valence-electron chi connectivity index (χ4n) is 2.35. The summed E-state index contributed by atoms with van der Waals surface area (Å²) < 4.78 is 5.39. The van der Waals surface area contributed by atoms with E-state index in [1.807, 2.05) is 13.1 Å². The van der Waals surface area contributed by atoms with Gasteiger partial charge in [-0.1, -0.05) is 13.3 Å². The summed E-state index contributed by atoms with van der Waals surface area (Å²) in [6, 6.07) is 3.79. The zero-order chi connectivity index (χ0) is 14.4. The molecule has 1 aromatic heterocycles. The van der Waals surface area contributed by atoms with Crippen molar-refractivity contribution in [3.05, 3.63) is 23.4 Å². The molecule has 0 aliphatic carbocycles. The topological polar surface area (TPSA) is 63.2 Å². The number of amides is 1. The van der Waals surface area contributed by atoms with E-state index < -0.39 is 0 Å². The van der Waals surface area contributed by atoms with Crippen molar-refractivity contribution in [2.45, 2.75) is 38.6 Å². The van der Waals surface area contributed by atoms with Gasteiger partial charge in [-0.3, -0.25) is 4.79 Å². The molecule has 0 spiro atoms. The molecule has 5 heteroatoms. The summed E-state index contributed by atoms with van der Waals surface area (Å²) in [7, 11) is 1.81. The summed E-state index contributed by atoms with van der Waals surface area (Å²) in [5.74, 6) is 0.692. The lowest BCUT2D eigenvalue weighted by Gasteiger charge is -2.23. The van der Waals surface area contributed by atoms with Crippen LogP contribution in [0.15, 0.2) is 12.1 Å². The largest absolute Gasteiger partial charge is 0.379 e. The molecule has 1 atom stereocenters. The molecule has 0 saturated carbocycles. The first-order valence-electron chi connectivity index (χ1n) is 7.30. The van der Waals surface area contributed by atoms with Gasteiger partial charge in [-0.05, 0) is 31.4 Å². The molecule has 1 aromatic rings. The molecule has 5 nitrogen and oxygen atoms in total. The van der Waals surface area contributed by atoms with Gasteiger partial charge in [0.05, 0.1) is 12.6 Å². The van der Waals surface area contributed by atoms with Crippen molar-refractivity contribution in [2.75, 3.05) is 25.6 Å². The van der Waals surface area contributed by atoms with Crippen LogP contribution in [-0.4, -0.2) is 37.2 Å². The van der Waals surface area contributed by atoms with Crippen LogP contribution >= 0.6 is 0 Å². The van der Waals surface area contributed by atoms with Gasteiger partial charge in [-0.25, -0.2) is 4.98 Å². The van der Waals surface area contributed by atoms with E-state index in [2.05, 4.69) is 22.5 Å². The van der Waals surface area contributed by atoms with E-state index >= 15 is 0 Å². The number of carbonyl (C=O) groups is 1. The van der Waals surface area contributed by atoms with E-state index in [1.165, 1.54) is 0 Å². The van der Waals surface area contributed by atoms with E-state index in [4.69, 9.17) is 4.74 Å². The summed E-state index contributed by atoms with van der Waals surface area (Å²) >= 11 is 0. The van der Waals surface area contributed by atoms with Crippen LogP contribution in [0.5, 0.6) is 0 Å². The Bertz CT molecular complexity index is 456. The number of carbonyl (C=O) groups excluding carboxylic acids is 1. The van der Waals surface area contributed by atoms with Crippen molar-refractivity contribution >= 4 is 11.7 Å². The Morgan fingerprint density at radius 3 is 3.00 bits per heavy atom. The Labute approximate surface area is 120 Å². The Balaban J connectivity index is 2.09. The maximum absolute atomic E-state index is 12.3. The van der Waals surface area contributed by atoms with Crippen LogP contribution in [0.4, 0.5) is 5.82 Å². The van der Waals surface area contributed by atoms with E-state index in [0.29, 0.717) is 12.2 Å². The van der Waals surface area contributed by atoms with Crippen LogP contribution in [0.2, 0.25) is 0 Å². The minimum atomic E-state index is -0.0447. The molecule has 110 valence electrons. The van der Waals surface area contributed by atoms with Gasteiger partial charge in [0, 0.05) is 24.9 Å². The van der Waals surface area contributed by atoms with Crippen LogP contribution in [0.25, 0.3) is 0 Å². The summed E-state index contributed by atoms with van der Waals surface area (Å²) in [6.45, 7) is 3.51. The predicted octanol–water partition coefficient (Wildman–Crippen LogP) is 1.98. The Morgan fingerprint density at radius 2 is 2.35 bits per heavy atom. The van der Waals surface area contributed by atoms with Crippen LogP contribution in [0.3, 0.4) is 0 Å². The number of hydrogen-bond donors (Lipinski definition) is 2. The molecular formula is C15H23N3O2. The fourth-order valence-corrected chi connectivity index (χ4v) is 2.35. The summed E-state index contributed by atoms with van der Waals surface area (Å²) in [6.07, 6.45) is 3.88. The number of aryl methyl sites for hydroxylation is 1. The summed E-state index contributed by atoms with van der Waals surface area (Å²) in [4.78, 5) is 16.8. The number of anilines is 1. The predicted molar refractivity (Wildman–Crippen MR) is 79.1 cm³/mol. The molecule has 1 saturated heterocycles. The Morgan fingerprint density at radius 1 is 1.50 bits per heavy atom.